The molecule has 2 atom stereocenters. The minimum Gasteiger partial charge on any atom is -0.462 e. The number of rotatable bonds is 6. The number of carbonyl (C=O) groups is 1. The van der Waals surface area contributed by atoms with Crippen molar-refractivity contribution in [2.45, 2.75) is 20.0 Å². The van der Waals surface area contributed by atoms with Gasteiger partial charge in [0, 0.05) is 6.08 Å². The molecule has 1 aliphatic carbocycles. The molecule has 2 rings (SSSR count). The Labute approximate surface area is 116 Å². The van der Waals surface area contributed by atoms with Crippen LogP contribution in [-0.2, 0) is 9.53 Å². The molecule has 0 N–H and O–H groups in total. The monoisotopic (exact) mass is 282 g/mol. The minimum absolute atomic E-state index is 0.0856. The lowest BCUT2D eigenvalue weighted by molar-refractivity contribution is -0.138. The Hall–Kier alpha value is -1.91. The average Bonchev–Trinajstić information content (AvgIpc) is 3.11. The number of benzene rings is 1. The Morgan fingerprint density at radius 2 is 2.05 bits per heavy atom. The third-order valence-corrected chi connectivity index (χ3v) is 3.23. The van der Waals surface area contributed by atoms with Gasteiger partial charge in [-0.1, -0.05) is 19.1 Å². The summed E-state index contributed by atoms with van der Waals surface area (Å²) in [6.07, 6.45) is 4.02. The second kappa shape index (κ2) is 6.50. The van der Waals surface area contributed by atoms with E-state index >= 15 is 0 Å². The highest BCUT2D eigenvalue weighted by Gasteiger charge is 2.33. The molecule has 5 heteroatoms. The van der Waals surface area contributed by atoms with E-state index in [0.29, 0.717) is 24.0 Å². The van der Waals surface area contributed by atoms with Gasteiger partial charge in [0.1, 0.15) is 5.75 Å². The molecule has 1 aromatic carbocycles. The van der Waals surface area contributed by atoms with Crippen molar-refractivity contribution >= 4 is 12.0 Å². The molecular formula is C15H16F2O3. The summed E-state index contributed by atoms with van der Waals surface area (Å²) in [5, 5.41) is 0. The first kappa shape index (κ1) is 14.5. The van der Waals surface area contributed by atoms with Crippen molar-refractivity contribution in [2.75, 3.05) is 6.61 Å². The van der Waals surface area contributed by atoms with E-state index in [2.05, 4.69) is 11.7 Å². The van der Waals surface area contributed by atoms with Crippen LogP contribution < -0.4 is 4.74 Å². The van der Waals surface area contributed by atoms with E-state index < -0.39 is 12.6 Å². The summed E-state index contributed by atoms with van der Waals surface area (Å²) in [7, 11) is 0. The quantitative estimate of drug-likeness (QED) is 0.591. The molecule has 1 fully saturated rings. The predicted molar refractivity (Wildman–Crippen MR) is 70.3 cm³/mol. The molecule has 0 spiro atoms. The molecule has 0 amide bonds. The van der Waals surface area contributed by atoms with E-state index in [4.69, 9.17) is 4.74 Å². The summed E-state index contributed by atoms with van der Waals surface area (Å²) < 4.78 is 33.2. The maximum atomic E-state index is 12.0. The van der Waals surface area contributed by atoms with E-state index in [1.807, 2.05) is 0 Å². The standard InChI is InChI=1S/C15H16F2O3/c1-10-8-12(10)9-19-14(18)7-4-11-2-5-13(6-3-11)20-15(16)17/h2-7,10,12,15H,8-9H2,1H3/b7-4+. The number of hydrogen-bond acceptors (Lipinski definition) is 3. The van der Waals surface area contributed by atoms with Gasteiger partial charge in [-0.3, -0.25) is 0 Å². The maximum absolute atomic E-state index is 12.0. The lowest BCUT2D eigenvalue weighted by Crippen LogP contribution is -2.04. The Balaban J connectivity index is 1.79. The predicted octanol–water partition coefficient (Wildman–Crippen LogP) is 3.50. The van der Waals surface area contributed by atoms with E-state index in [1.54, 1.807) is 18.2 Å². The van der Waals surface area contributed by atoms with Crippen molar-refractivity contribution in [1.82, 2.24) is 0 Å². The van der Waals surface area contributed by atoms with Gasteiger partial charge in [0.15, 0.2) is 0 Å². The van der Waals surface area contributed by atoms with Crippen LogP contribution in [0.3, 0.4) is 0 Å². The lowest BCUT2D eigenvalue weighted by Gasteiger charge is -2.03. The minimum atomic E-state index is -2.84. The zero-order valence-corrected chi connectivity index (χ0v) is 11.1. The normalized spacial score (nSPS) is 21.2. The fraction of sp³-hybridized carbons (Fsp3) is 0.400. The second-order valence-corrected chi connectivity index (χ2v) is 4.88. The van der Waals surface area contributed by atoms with Crippen molar-refractivity contribution in [1.29, 1.82) is 0 Å². The summed E-state index contributed by atoms with van der Waals surface area (Å²) in [6, 6.07) is 6.01. The van der Waals surface area contributed by atoms with E-state index in [9.17, 15) is 13.6 Å². The van der Waals surface area contributed by atoms with Crippen LogP contribution in [0.25, 0.3) is 6.08 Å². The van der Waals surface area contributed by atoms with Crippen LogP contribution in [0.2, 0.25) is 0 Å². The van der Waals surface area contributed by atoms with Gasteiger partial charge in [0.25, 0.3) is 0 Å². The van der Waals surface area contributed by atoms with Gasteiger partial charge in [-0.2, -0.15) is 8.78 Å². The van der Waals surface area contributed by atoms with Gasteiger partial charge in [0.2, 0.25) is 0 Å². The van der Waals surface area contributed by atoms with Crippen LogP contribution in [0.4, 0.5) is 8.78 Å². The molecule has 1 aromatic rings. The van der Waals surface area contributed by atoms with Crippen LogP contribution in [0.1, 0.15) is 18.9 Å². The Morgan fingerprint density at radius 3 is 2.60 bits per heavy atom. The molecular weight excluding hydrogens is 266 g/mol. The third kappa shape index (κ3) is 4.64. The van der Waals surface area contributed by atoms with Crippen molar-refractivity contribution in [3.05, 3.63) is 35.9 Å². The molecule has 0 saturated heterocycles. The Kier molecular flexibility index (Phi) is 4.71. The fourth-order valence-corrected chi connectivity index (χ4v) is 1.79. The number of ether oxygens (including phenoxy) is 2. The maximum Gasteiger partial charge on any atom is 0.387 e. The molecule has 108 valence electrons. The number of carbonyl (C=O) groups excluding carboxylic acids is 1. The van der Waals surface area contributed by atoms with E-state index in [1.165, 1.54) is 18.2 Å². The second-order valence-electron chi connectivity index (χ2n) is 4.88. The Bertz CT molecular complexity index is 482. The topological polar surface area (TPSA) is 35.5 Å². The first-order chi connectivity index (χ1) is 9.54. The number of alkyl halides is 2. The molecule has 2 unspecified atom stereocenters. The summed E-state index contributed by atoms with van der Waals surface area (Å²) >= 11 is 0. The highest BCUT2D eigenvalue weighted by molar-refractivity contribution is 5.87. The number of hydrogen-bond donors (Lipinski definition) is 0. The molecule has 0 aromatic heterocycles. The summed E-state index contributed by atoms with van der Waals surface area (Å²) in [4.78, 5) is 11.4. The molecule has 0 heterocycles. The Morgan fingerprint density at radius 1 is 1.40 bits per heavy atom. The molecule has 20 heavy (non-hydrogen) atoms. The van der Waals surface area contributed by atoms with Gasteiger partial charge in [0.05, 0.1) is 6.61 Å². The first-order valence-corrected chi connectivity index (χ1v) is 6.44. The van der Waals surface area contributed by atoms with Gasteiger partial charge in [-0.15, -0.1) is 0 Å². The van der Waals surface area contributed by atoms with Gasteiger partial charge >= 0.3 is 12.6 Å². The summed E-state index contributed by atoms with van der Waals surface area (Å²) in [5.41, 5.74) is 0.711. The van der Waals surface area contributed by atoms with E-state index in [0.717, 1.165) is 6.42 Å². The molecule has 1 aliphatic rings. The van der Waals surface area contributed by atoms with Crippen LogP contribution in [0, 0.1) is 11.8 Å². The van der Waals surface area contributed by atoms with Crippen LogP contribution in [-0.4, -0.2) is 19.2 Å². The molecule has 0 aliphatic heterocycles. The van der Waals surface area contributed by atoms with Gasteiger partial charge < -0.3 is 9.47 Å². The van der Waals surface area contributed by atoms with E-state index in [-0.39, 0.29) is 5.75 Å². The van der Waals surface area contributed by atoms with Crippen molar-refractivity contribution < 1.29 is 23.0 Å². The number of halogens is 2. The van der Waals surface area contributed by atoms with Crippen molar-refractivity contribution in [3.8, 4) is 5.75 Å². The number of esters is 1. The molecule has 0 radical (unpaired) electrons. The third-order valence-electron chi connectivity index (χ3n) is 3.23. The summed E-state index contributed by atoms with van der Waals surface area (Å²) in [6.45, 7) is -0.251. The van der Waals surface area contributed by atoms with Crippen LogP contribution in [0.5, 0.6) is 5.75 Å². The van der Waals surface area contributed by atoms with Gasteiger partial charge in [-0.25, -0.2) is 4.79 Å². The highest BCUT2D eigenvalue weighted by Crippen LogP contribution is 2.37. The zero-order chi connectivity index (χ0) is 14.5. The largest absolute Gasteiger partial charge is 0.462 e. The van der Waals surface area contributed by atoms with Crippen LogP contribution in [0.15, 0.2) is 30.3 Å². The average molecular weight is 282 g/mol. The van der Waals surface area contributed by atoms with Crippen LogP contribution >= 0.6 is 0 Å². The smallest absolute Gasteiger partial charge is 0.387 e. The first-order valence-electron chi connectivity index (χ1n) is 6.44. The summed E-state index contributed by atoms with van der Waals surface area (Å²) in [5.74, 6) is 0.840. The molecule has 3 nitrogen and oxygen atoms in total. The zero-order valence-electron chi connectivity index (χ0n) is 11.1. The molecule has 1 saturated carbocycles. The highest BCUT2D eigenvalue weighted by atomic mass is 19.3. The van der Waals surface area contributed by atoms with Gasteiger partial charge in [-0.05, 0) is 42.0 Å². The van der Waals surface area contributed by atoms with Crippen molar-refractivity contribution in [3.63, 3.8) is 0 Å². The van der Waals surface area contributed by atoms with Crippen molar-refractivity contribution in [2.24, 2.45) is 11.8 Å². The fourth-order valence-electron chi connectivity index (χ4n) is 1.79. The SMILES string of the molecule is CC1CC1COC(=O)/C=C/c1ccc(OC(F)F)cc1. The lowest BCUT2D eigenvalue weighted by atomic mass is 10.2. The molecule has 0 bridgehead atoms.